The van der Waals surface area contributed by atoms with Gasteiger partial charge < -0.3 is 25.2 Å². The highest BCUT2D eigenvalue weighted by molar-refractivity contribution is 7.16. The van der Waals surface area contributed by atoms with Gasteiger partial charge in [0, 0.05) is 48.0 Å². The Morgan fingerprint density at radius 2 is 1.88 bits per heavy atom. The fraction of sp³-hybridized carbons (Fsp3) is 0.438. The van der Waals surface area contributed by atoms with E-state index in [0.717, 1.165) is 29.0 Å². The molecule has 11 heteroatoms. The van der Waals surface area contributed by atoms with E-state index in [9.17, 15) is 14.4 Å². The number of nitrogens with one attached hydrogen (secondary N) is 3. The van der Waals surface area contributed by atoms with Crippen LogP contribution in [-0.2, 0) is 10.2 Å². The third-order valence-electron chi connectivity index (χ3n) is 7.22. The summed E-state index contributed by atoms with van der Waals surface area (Å²) in [4.78, 5) is 48.5. The molecule has 43 heavy (non-hydrogen) atoms. The monoisotopic (exact) mass is 606 g/mol. The number of urea groups is 1. The number of ether oxygens (including phenoxy) is 1. The van der Waals surface area contributed by atoms with Gasteiger partial charge in [0.05, 0.1) is 12.2 Å². The Balaban J connectivity index is 1.47. The molecule has 1 aliphatic heterocycles. The van der Waals surface area contributed by atoms with E-state index >= 15 is 0 Å². The number of piperazine rings is 1. The highest BCUT2D eigenvalue weighted by Crippen LogP contribution is 2.38. The summed E-state index contributed by atoms with van der Waals surface area (Å²) < 4.78 is 5.74. The van der Waals surface area contributed by atoms with E-state index in [1.165, 1.54) is 11.3 Å². The van der Waals surface area contributed by atoms with Crippen LogP contribution in [0.2, 0.25) is 0 Å². The molecule has 0 aliphatic carbocycles. The number of rotatable bonds is 9. The van der Waals surface area contributed by atoms with Crippen LogP contribution >= 0.6 is 11.3 Å². The number of benzene rings is 1. The van der Waals surface area contributed by atoms with Crippen LogP contribution in [0.25, 0.3) is 11.1 Å². The van der Waals surface area contributed by atoms with Gasteiger partial charge in [-0.3, -0.25) is 14.9 Å². The summed E-state index contributed by atoms with van der Waals surface area (Å²) in [6, 6.07) is 12.6. The first-order valence-electron chi connectivity index (χ1n) is 14.4. The summed E-state index contributed by atoms with van der Waals surface area (Å²) in [6.45, 7) is 11.9. The highest BCUT2D eigenvalue weighted by Gasteiger charge is 2.42. The van der Waals surface area contributed by atoms with E-state index < -0.39 is 11.6 Å². The Labute approximate surface area is 257 Å². The van der Waals surface area contributed by atoms with Gasteiger partial charge in [0.2, 0.25) is 11.8 Å². The molecule has 1 aromatic carbocycles. The predicted octanol–water partition coefficient (Wildman–Crippen LogP) is 5.43. The first kappa shape index (κ1) is 32.0. The highest BCUT2D eigenvalue weighted by atomic mass is 32.1. The van der Waals surface area contributed by atoms with E-state index in [-0.39, 0.29) is 17.2 Å². The molecule has 3 aromatic rings. The molecule has 0 spiro atoms. The summed E-state index contributed by atoms with van der Waals surface area (Å²) in [5, 5.41) is 9.05. The summed E-state index contributed by atoms with van der Waals surface area (Å²) >= 11 is 1.37. The van der Waals surface area contributed by atoms with Crippen LogP contribution in [0.5, 0.6) is 5.88 Å². The second kappa shape index (κ2) is 13.1. The normalized spacial score (nSPS) is 14.8. The third-order valence-corrected chi connectivity index (χ3v) is 8.69. The lowest BCUT2D eigenvalue weighted by molar-refractivity contribution is -0.133. The first-order valence-corrected chi connectivity index (χ1v) is 15.2. The maximum atomic E-state index is 13.8. The number of aromatic nitrogens is 1. The molecule has 4 amide bonds. The minimum atomic E-state index is -1.01. The van der Waals surface area contributed by atoms with Crippen molar-refractivity contribution in [3.8, 4) is 17.0 Å². The van der Waals surface area contributed by atoms with E-state index in [2.05, 4.69) is 46.6 Å². The van der Waals surface area contributed by atoms with E-state index in [0.29, 0.717) is 41.8 Å². The maximum Gasteiger partial charge on any atom is 0.324 e. The van der Waals surface area contributed by atoms with E-state index in [1.54, 1.807) is 31.0 Å². The zero-order valence-corrected chi connectivity index (χ0v) is 26.9. The number of carbonyl (C=O) groups is 3. The maximum absolute atomic E-state index is 13.8. The van der Waals surface area contributed by atoms with Crippen molar-refractivity contribution in [3.63, 3.8) is 0 Å². The van der Waals surface area contributed by atoms with Crippen molar-refractivity contribution in [3.05, 3.63) is 59.1 Å². The van der Waals surface area contributed by atoms with Crippen LogP contribution in [0.4, 0.5) is 15.5 Å². The first-order chi connectivity index (χ1) is 20.3. The molecule has 1 saturated heterocycles. The van der Waals surface area contributed by atoms with Gasteiger partial charge in [0.25, 0.3) is 5.91 Å². The number of hydrogen-bond donors (Lipinski definition) is 3. The molecular weight excluding hydrogens is 564 g/mol. The van der Waals surface area contributed by atoms with Crippen molar-refractivity contribution >= 4 is 39.9 Å². The largest absolute Gasteiger partial charge is 0.478 e. The lowest BCUT2D eigenvalue weighted by Crippen LogP contribution is -2.63. The molecule has 3 N–H and O–H groups in total. The van der Waals surface area contributed by atoms with Crippen molar-refractivity contribution < 1.29 is 19.1 Å². The standard InChI is InChI=1S/C32H42N6O4S/c1-31(2,3)25-19-24(28(39)38-16-14-33-29(40)32(38,4)5)27(43-25)36-30(41)35-23-11-8-10-21(18-23)22-12-13-26(34-20-22)42-17-9-15-37(6)7/h8,10-13,18-20H,9,14-17H2,1-7H3,(H,33,40)(H2,35,36,41). The Morgan fingerprint density at radius 3 is 2.56 bits per heavy atom. The van der Waals surface area contributed by atoms with Crippen LogP contribution in [0.3, 0.4) is 0 Å². The number of nitrogens with zero attached hydrogens (tertiary/aromatic N) is 3. The summed E-state index contributed by atoms with van der Waals surface area (Å²) in [5.74, 6) is 0.0741. The quantitative estimate of drug-likeness (QED) is 0.280. The van der Waals surface area contributed by atoms with E-state index in [1.807, 2.05) is 50.5 Å². The molecule has 230 valence electrons. The molecule has 1 fully saturated rings. The second-order valence-electron chi connectivity index (χ2n) is 12.4. The van der Waals surface area contributed by atoms with Crippen molar-refractivity contribution in [2.75, 3.05) is 51.0 Å². The van der Waals surface area contributed by atoms with Crippen LogP contribution in [-0.4, -0.2) is 78.5 Å². The fourth-order valence-electron chi connectivity index (χ4n) is 4.65. The molecule has 0 radical (unpaired) electrons. The zero-order chi connectivity index (χ0) is 31.4. The topological polar surface area (TPSA) is 116 Å². The number of amides is 4. The van der Waals surface area contributed by atoms with Gasteiger partial charge in [-0.2, -0.15) is 0 Å². The molecule has 0 bridgehead atoms. The van der Waals surface area contributed by atoms with Crippen molar-refractivity contribution in [2.24, 2.45) is 0 Å². The lowest BCUT2D eigenvalue weighted by atomic mass is 9.93. The summed E-state index contributed by atoms with van der Waals surface area (Å²) in [6.07, 6.45) is 2.67. The molecule has 0 atom stereocenters. The van der Waals surface area contributed by atoms with Crippen LogP contribution in [0, 0.1) is 0 Å². The lowest BCUT2D eigenvalue weighted by Gasteiger charge is -2.41. The molecule has 4 rings (SSSR count). The number of carbonyl (C=O) groups excluding carboxylic acids is 3. The summed E-state index contributed by atoms with van der Waals surface area (Å²) in [7, 11) is 4.06. The Bertz CT molecular complexity index is 1460. The Kier molecular flexibility index (Phi) is 9.76. The van der Waals surface area contributed by atoms with Crippen LogP contribution in [0.15, 0.2) is 48.7 Å². The number of hydrogen-bond acceptors (Lipinski definition) is 7. The molecule has 1 aliphatic rings. The third kappa shape index (κ3) is 7.91. The molecular formula is C32H42N6O4S. The molecule has 3 heterocycles. The molecule has 0 saturated carbocycles. The number of pyridine rings is 1. The van der Waals surface area contributed by atoms with Crippen molar-refractivity contribution in [1.29, 1.82) is 0 Å². The predicted molar refractivity (Wildman–Crippen MR) is 172 cm³/mol. The average molecular weight is 607 g/mol. The summed E-state index contributed by atoms with van der Waals surface area (Å²) in [5.41, 5.74) is 1.49. The Hall–Kier alpha value is -3.96. The van der Waals surface area contributed by atoms with Gasteiger partial charge in [-0.05, 0) is 69.6 Å². The zero-order valence-electron chi connectivity index (χ0n) is 26.0. The van der Waals surface area contributed by atoms with Crippen molar-refractivity contribution in [1.82, 2.24) is 20.1 Å². The van der Waals surface area contributed by atoms with Crippen LogP contribution in [0.1, 0.15) is 56.3 Å². The average Bonchev–Trinajstić information content (AvgIpc) is 3.37. The minimum Gasteiger partial charge on any atom is -0.478 e. The number of anilines is 2. The fourth-order valence-corrected chi connectivity index (χ4v) is 5.75. The smallest absolute Gasteiger partial charge is 0.324 e. The second-order valence-corrected chi connectivity index (χ2v) is 13.5. The SMILES string of the molecule is CN(C)CCCOc1ccc(-c2cccc(NC(=O)Nc3sc(C(C)(C)C)cc3C(=O)N3CCNC(=O)C3(C)C)c2)cn1. The van der Waals surface area contributed by atoms with Gasteiger partial charge in [-0.1, -0.05) is 32.9 Å². The van der Waals surface area contributed by atoms with Gasteiger partial charge >= 0.3 is 6.03 Å². The van der Waals surface area contributed by atoms with Gasteiger partial charge in [-0.15, -0.1) is 11.3 Å². The van der Waals surface area contributed by atoms with E-state index in [4.69, 9.17) is 4.74 Å². The molecule has 2 aromatic heterocycles. The number of thiophene rings is 1. The molecule has 0 unspecified atom stereocenters. The van der Waals surface area contributed by atoms with Gasteiger partial charge in [0.1, 0.15) is 10.5 Å². The van der Waals surface area contributed by atoms with Crippen molar-refractivity contribution in [2.45, 2.75) is 52.0 Å². The van der Waals surface area contributed by atoms with Gasteiger partial charge in [-0.25, -0.2) is 9.78 Å². The minimum absolute atomic E-state index is 0.206. The Morgan fingerprint density at radius 1 is 1.12 bits per heavy atom. The van der Waals surface area contributed by atoms with Crippen LogP contribution < -0.4 is 20.7 Å². The van der Waals surface area contributed by atoms with Gasteiger partial charge in [0.15, 0.2) is 0 Å². The molecule has 10 nitrogen and oxygen atoms in total.